The number of hydrogen-bond donors (Lipinski definition) is 1. The molecule has 1 aliphatic heterocycles. The van der Waals surface area contributed by atoms with Crippen molar-refractivity contribution in [1.29, 1.82) is 0 Å². The summed E-state index contributed by atoms with van der Waals surface area (Å²) < 4.78 is 5.53. The van der Waals surface area contributed by atoms with Crippen molar-refractivity contribution in [2.75, 3.05) is 6.61 Å². The molecule has 1 saturated carbocycles. The highest BCUT2D eigenvalue weighted by Crippen LogP contribution is 2.32. The first-order valence-electron chi connectivity index (χ1n) is 5.57. The second kappa shape index (κ2) is 3.58. The molecule has 0 radical (unpaired) electrons. The van der Waals surface area contributed by atoms with Gasteiger partial charge in [-0.15, -0.1) is 0 Å². The lowest BCUT2D eigenvalue weighted by atomic mass is 9.77. The van der Waals surface area contributed by atoms with E-state index in [0.717, 1.165) is 6.61 Å². The Morgan fingerprint density at radius 3 is 2.69 bits per heavy atom. The molecular formula is C11H21NO. The fourth-order valence-corrected chi connectivity index (χ4v) is 2.47. The van der Waals surface area contributed by atoms with E-state index < -0.39 is 0 Å². The third kappa shape index (κ3) is 2.23. The minimum Gasteiger partial charge on any atom is -0.378 e. The highest BCUT2D eigenvalue weighted by Gasteiger charge is 2.34. The van der Waals surface area contributed by atoms with Gasteiger partial charge in [0.1, 0.15) is 0 Å². The van der Waals surface area contributed by atoms with Crippen LogP contribution in [0.4, 0.5) is 0 Å². The van der Waals surface area contributed by atoms with Gasteiger partial charge in [0.2, 0.25) is 0 Å². The van der Waals surface area contributed by atoms with E-state index in [1.807, 2.05) is 0 Å². The van der Waals surface area contributed by atoms with E-state index in [4.69, 9.17) is 4.74 Å². The molecule has 1 heterocycles. The topological polar surface area (TPSA) is 21.3 Å². The first-order valence-corrected chi connectivity index (χ1v) is 5.57. The lowest BCUT2D eigenvalue weighted by Crippen LogP contribution is -2.54. The van der Waals surface area contributed by atoms with Gasteiger partial charge in [-0.2, -0.15) is 0 Å². The van der Waals surface area contributed by atoms with Gasteiger partial charge < -0.3 is 10.1 Å². The zero-order valence-corrected chi connectivity index (χ0v) is 8.81. The molecule has 2 rings (SSSR count). The number of rotatable bonds is 2. The SMILES string of the molecule is CC1CC(NC2(C)CCC2)CCO1. The predicted molar refractivity (Wildman–Crippen MR) is 53.8 cm³/mol. The number of ether oxygens (including phenoxy) is 1. The predicted octanol–water partition coefficient (Wildman–Crippen LogP) is 2.09. The minimum absolute atomic E-state index is 0.454. The smallest absolute Gasteiger partial charge is 0.0561 e. The highest BCUT2D eigenvalue weighted by atomic mass is 16.5. The number of nitrogens with one attached hydrogen (secondary N) is 1. The van der Waals surface area contributed by atoms with Gasteiger partial charge in [0.15, 0.2) is 0 Å². The number of hydrogen-bond acceptors (Lipinski definition) is 2. The largest absolute Gasteiger partial charge is 0.378 e. The Morgan fingerprint density at radius 2 is 2.15 bits per heavy atom. The Balaban J connectivity index is 1.80. The van der Waals surface area contributed by atoms with Crippen molar-refractivity contribution in [3.05, 3.63) is 0 Å². The summed E-state index contributed by atoms with van der Waals surface area (Å²) in [7, 11) is 0. The van der Waals surface area contributed by atoms with Crippen molar-refractivity contribution in [2.45, 2.75) is 63.6 Å². The van der Waals surface area contributed by atoms with Crippen molar-refractivity contribution >= 4 is 0 Å². The second-order valence-electron chi connectivity index (χ2n) is 4.96. The normalized spacial score (nSPS) is 38.3. The summed E-state index contributed by atoms with van der Waals surface area (Å²) in [6, 6.07) is 0.703. The maximum Gasteiger partial charge on any atom is 0.0561 e. The first kappa shape index (κ1) is 9.47. The molecule has 0 bridgehead atoms. The molecular weight excluding hydrogens is 162 g/mol. The average molecular weight is 183 g/mol. The van der Waals surface area contributed by atoms with Crippen molar-refractivity contribution < 1.29 is 4.74 Å². The van der Waals surface area contributed by atoms with Gasteiger partial charge >= 0.3 is 0 Å². The molecule has 2 fully saturated rings. The van der Waals surface area contributed by atoms with Crippen LogP contribution < -0.4 is 5.32 Å². The Morgan fingerprint density at radius 1 is 1.38 bits per heavy atom. The summed E-state index contributed by atoms with van der Waals surface area (Å²) in [4.78, 5) is 0. The molecule has 2 heteroatoms. The summed E-state index contributed by atoms with van der Waals surface area (Å²) in [5, 5.41) is 3.78. The van der Waals surface area contributed by atoms with Crippen LogP contribution in [-0.2, 0) is 4.74 Å². The lowest BCUT2D eigenvalue weighted by Gasteiger charge is -2.44. The van der Waals surface area contributed by atoms with Crippen LogP contribution in [0.5, 0.6) is 0 Å². The molecule has 0 amide bonds. The fraction of sp³-hybridized carbons (Fsp3) is 1.00. The van der Waals surface area contributed by atoms with Crippen molar-refractivity contribution in [3.63, 3.8) is 0 Å². The Bertz CT molecular complexity index is 177. The third-order valence-electron chi connectivity index (χ3n) is 3.49. The molecule has 2 atom stereocenters. The standard InChI is InChI=1S/C11H21NO/c1-9-8-10(4-7-13-9)12-11(2)5-3-6-11/h9-10,12H,3-8H2,1-2H3. The monoisotopic (exact) mass is 183 g/mol. The van der Waals surface area contributed by atoms with E-state index >= 15 is 0 Å². The quantitative estimate of drug-likeness (QED) is 0.707. The van der Waals surface area contributed by atoms with Crippen LogP contribution in [0.25, 0.3) is 0 Å². The molecule has 0 aromatic heterocycles. The summed E-state index contributed by atoms with van der Waals surface area (Å²) >= 11 is 0. The zero-order valence-electron chi connectivity index (χ0n) is 8.81. The van der Waals surface area contributed by atoms with E-state index in [9.17, 15) is 0 Å². The summed E-state index contributed by atoms with van der Waals surface area (Å²) in [6.45, 7) is 5.47. The molecule has 13 heavy (non-hydrogen) atoms. The van der Waals surface area contributed by atoms with Crippen LogP contribution in [0, 0.1) is 0 Å². The van der Waals surface area contributed by atoms with Gasteiger partial charge in [-0.25, -0.2) is 0 Å². The Labute approximate surface area is 81.0 Å². The molecule has 1 aliphatic carbocycles. The van der Waals surface area contributed by atoms with Crippen molar-refractivity contribution in [2.24, 2.45) is 0 Å². The molecule has 0 aromatic carbocycles. The third-order valence-corrected chi connectivity index (χ3v) is 3.49. The molecule has 1 N–H and O–H groups in total. The zero-order chi connectivity index (χ0) is 9.31. The first-order chi connectivity index (χ1) is 6.18. The van der Waals surface area contributed by atoms with Crippen LogP contribution in [0.1, 0.15) is 46.0 Å². The van der Waals surface area contributed by atoms with E-state index in [1.165, 1.54) is 32.1 Å². The highest BCUT2D eigenvalue weighted by molar-refractivity contribution is 4.94. The van der Waals surface area contributed by atoms with Crippen LogP contribution >= 0.6 is 0 Å². The minimum atomic E-state index is 0.454. The van der Waals surface area contributed by atoms with E-state index in [2.05, 4.69) is 19.2 Å². The van der Waals surface area contributed by atoms with E-state index in [1.54, 1.807) is 0 Å². The van der Waals surface area contributed by atoms with Gasteiger partial charge in [-0.3, -0.25) is 0 Å². The Kier molecular flexibility index (Phi) is 2.61. The van der Waals surface area contributed by atoms with Crippen LogP contribution in [0.15, 0.2) is 0 Å². The van der Waals surface area contributed by atoms with Crippen LogP contribution in [0.2, 0.25) is 0 Å². The van der Waals surface area contributed by atoms with Crippen molar-refractivity contribution in [1.82, 2.24) is 5.32 Å². The molecule has 0 aromatic rings. The summed E-state index contributed by atoms with van der Waals surface area (Å²) in [5.74, 6) is 0. The maximum absolute atomic E-state index is 5.53. The van der Waals surface area contributed by atoms with E-state index in [0.29, 0.717) is 17.7 Å². The molecule has 2 unspecified atom stereocenters. The summed E-state index contributed by atoms with van der Waals surface area (Å²) in [6.07, 6.45) is 6.96. The average Bonchev–Trinajstić information content (AvgIpc) is 2.01. The summed E-state index contributed by atoms with van der Waals surface area (Å²) in [5.41, 5.74) is 0.460. The molecule has 76 valence electrons. The van der Waals surface area contributed by atoms with Crippen molar-refractivity contribution in [3.8, 4) is 0 Å². The molecule has 0 spiro atoms. The van der Waals surface area contributed by atoms with Gasteiger partial charge in [0, 0.05) is 18.2 Å². The van der Waals surface area contributed by atoms with E-state index in [-0.39, 0.29) is 0 Å². The van der Waals surface area contributed by atoms with Gasteiger partial charge in [-0.05, 0) is 46.0 Å². The lowest BCUT2D eigenvalue weighted by molar-refractivity contribution is 0.00265. The van der Waals surface area contributed by atoms with Crippen LogP contribution in [0.3, 0.4) is 0 Å². The fourth-order valence-electron chi connectivity index (χ4n) is 2.47. The molecule has 2 aliphatic rings. The maximum atomic E-state index is 5.53. The van der Waals surface area contributed by atoms with Crippen LogP contribution in [-0.4, -0.2) is 24.3 Å². The Hall–Kier alpha value is -0.0800. The molecule has 2 nitrogen and oxygen atoms in total. The van der Waals surface area contributed by atoms with Gasteiger partial charge in [-0.1, -0.05) is 0 Å². The second-order valence-corrected chi connectivity index (χ2v) is 4.96. The molecule has 1 saturated heterocycles. The van der Waals surface area contributed by atoms with Gasteiger partial charge in [0.05, 0.1) is 6.10 Å². The van der Waals surface area contributed by atoms with Gasteiger partial charge in [0.25, 0.3) is 0 Å².